The third-order valence-corrected chi connectivity index (χ3v) is 6.18. The van der Waals surface area contributed by atoms with Gasteiger partial charge in [-0.1, -0.05) is 24.3 Å². The van der Waals surface area contributed by atoms with Gasteiger partial charge in [-0.25, -0.2) is 9.03 Å². The number of aromatic nitrogens is 6. The van der Waals surface area contributed by atoms with E-state index in [1.54, 1.807) is 0 Å². The average molecular weight is 431 g/mol. The van der Waals surface area contributed by atoms with Gasteiger partial charge < -0.3 is 0 Å². The predicted octanol–water partition coefficient (Wildman–Crippen LogP) is 5.43. The standard InChI is InChI=1S/C27H22N6/c1-27(2,25-13-7-9-21(30-25)19-17-28-32-15-5-3-11-23(19)32)26-14-8-10-22(31-26)20-18-29-33-16-6-4-12-24(20)33/h3-18H,1-2H3. The van der Waals surface area contributed by atoms with Crippen molar-refractivity contribution in [2.24, 2.45) is 0 Å². The van der Waals surface area contributed by atoms with Crippen molar-refractivity contribution in [2.75, 3.05) is 0 Å². The van der Waals surface area contributed by atoms with Crippen molar-refractivity contribution in [1.29, 1.82) is 0 Å². The largest absolute Gasteiger partial charge is 0.252 e. The minimum Gasteiger partial charge on any atom is -0.252 e. The van der Waals surface area contributed by atoms with Crippen molar-refractivity contribution in [3.63, 3.8) is 0 Å². The molecule has 0 aliphatic carbocycles. The summed E-state index contributed by atoms with van der Waals surface area (Å²) in [5.74, 6) is 0. The van der Waals surface area contributed by atoms with Crippen LogP contribution in [0.25, 0.3) is 33.5 Å². The maximum Gasteiger partial charge on any atom is 0.0755 e. The number of rotatable bonds is 4. The summed E-state index contributed by atoms with van der Waals surface area (Å²) in [6, 6.07) is 24.4. The molecule has 0 aliphatic heterocycles. The van der Waals surface area contributed by atoms with Gasteiger partial charge in [0, 0.05) is 28.9 Å². The molecule has 0 amide bonds. The highest BCUT2D eigenvalue weighted by Crippen LogP contribution is 2.33. The van der Waals surface area contributed by atoms with Crippen molar-refractivity contribution >= 4 is 11.0 Å². The molecule has 0 fully saturated rings. The van der Waals surface area contributed by atoms with Gasteiger partial charge in [0.25, 0.3) is 0 Å². The molecule has 0 N–H and O–H groups in total. The molecule has 6 rings (SSSR count). The number of pyridine rings is 4. The van der Waals surface area contributed by atoms with Crippen molar-refractivity contribution in [3.8, 4) is 22.5 Å². The Morgan fingerprint density at radius 1 is 0.576 bits per heavy atom. The first-order chi connectivity index (χ1) is 16.1. The Hall–Kier alpha value is -4.32. The lowest BCUT2D eigenvalue weighted by Gasteiger charge is -2.24. The molecule has 6 heteroatoms. The Labute approximate surface area is 191 Å². The topological polar surface area (TPSA) is 60.4 Å². The first-order valence-electron chi connectivity index (χ1n) is 10.9. The molecule has 6 heterocycles. The van der Waals surface area contributed by atoms with Gasteiger partial charge in [0.1, 0.15) is 0 Å². The van der Waals surface area contributed by atoms with Crippen LogP contribution in [0.1, 0.15) is 25.2 Å². The van der Waals surface area contributed by atoms with Gasteiger partial charge in [-0.2, -0.15) is 10.2 Å². The molecule has 0 aromatic carbocycles. The minimum atomic E-state index is -0.391. The zero-order chi connectivity index (χ0) is 22.4. The lowest BCUT2D eigenvalue weighted by atomic mass is 9.84. The van der Waals surface area contributed by atoms with E-state index in [1.165, 1.54) is 0 Å². The fourth-order valence-corrected chi connectivity index (χ4v) is 4.26. The summed E-state index contributed by atoms with van der Waals surface area (Å²) in [4.78, 5) is 10.1. The fourth-order valence-electron chi connectivity index (χ4n) is 4.26. The normalized spacial score (nSPS) is 11.9. The van der Waals surface area contributed by atoms with Crippen LogP contribution in [0.2, 0.25) is 0 Å². The van der Waals surface area contributed by atoms with E-state index >= 15 is 0 Å². The van der Waals surface area contributed by atoms with Crippen LogP contribution >= 0.6 is 0 Å². The van der Waals surface area contributed by atoms with Gasteiger partial charge in [-0.05, 0) is 62.4 Å². The summed E-state index contributed by atoms with van der Waals surface area (Å²) in [5.41, 5.74) is 7.43. The Bertz CT molecular complexity index is 1490. The van der Waals surface area contributed by atoms with E-state index in [2.05, 4.69) is 60.4 Å². The molecule has 33 heavy (non-hydrogen) atoms. The lowest BCUT2D eigenvalue weighted by Crippen LogP contribution is -2.22. The van der Waals surface area contributed by atoms with Gasteiger partial charge >= 0.3 is 0 Å². The van der Waals surface area contributed by atoms with Gasteiger partial charge in [0.05, 0.1) is 46.2 Å². The van der Waals surface area contributed by atoms with Gasteiger partial charge in [0.15, 0.2) is 0 Å². The van der Waals surface area contributed by atoms with Crippen LogP contribution in [-0.2, 0) is 5.41 Å². The highest BCUT2D eigenvalue weighted by atomic mass is 15.2. The van der Waals surface area contributed by atoms with Crippen molar-refractivity contribution < 1.29 is 0 Å². The molecule has 0 saturated carbocycles. The monoisotopic (exact) mass is 430 g/mol. The Morgan fingerprint density at radius 2 is 1.06 bits per heavy atom. The van der Waals surface area contributed by atoms with Crippen LogP contribution in [0.3, 0.4) is 0 Å². The molecule has 0 unspecified atom stereocenters. The van der Waals surface area contributed by atoms with Crippen molar-refractivity contribution in [3.05, 3.63) is 109 Å². The first-order valence-corrected chi connectivity index (χ1v) is 10.9. The van der Waals surface area contributed by atoms with E-state index < -0.39 is 5.41 Å². The third kappa shape index (κ3) is 3.19. The minimum absolute atomic E-state index is 0.391. The van der Waals surface area contributed by atoms with Gasteiger partial charge in [0.2, 0.25) is 0 Å². The first kappa shape index (κ1) is 19.4. The second kappa shape index (κ2) is 7.38. The number of nitrogens with zero attached hydrogens (tertiary/aromatic N) is 6. The van der Waals surface area contributed by atoms with E-state index in [-0.39, 0.29) is 0 Å². The second-order valence-electron chi connectivity index (χ2n) is 8.62. The van der Waals surface area contributed by atoms with Crippen LogP contribution in [0, 0.1) is 0 Å². The molecule has 0 saturated heterocycles. The van der Waals surface area contributed by atoms with Crippen molar-refractivity contribution in [2.45, 2.75) is 19.3 Å². The Morgan fingerprint density at radius 3 is 1.55 bits per heavy atom. The van der Waals surface area contributed by atoms with E-state index in [9.17, 15) is 0 Å². The van der Waals surface area contributed by atoms with E-state index in [1.807, 2.05) is 70.2 Å². The SMILES string of the molecule is CC(C)(c1cccc(-c2cnn3ccccc23)n1)c1cccc(-c2cnn3ccccc23)n1. The van der Waals surface area contributed by atoms with E-state index in [0.29, 0.717) is 0 Å². The van der Waals surface area contributed by atoms with Crippen LogP contribution in [0.15, 0.2) is 97.6 Å². The molecule has 0 aliphatic rings. The van der Waals surface area contributed by atoms with E-state index in [4.69, 9.17) is 9.97 Å². The summed E-state index contributed by atoms with van der Waals surface area (Å²) in [6.45, 7) is 4.33. The lowest BCUT2D eigenvalue weighted by molar-refractivity contribution is 0.597. The molecule has 0 bridgehead atoms. The third-order valence-electron chi connectivity index (χ3n) is 6.18. The quantitative estimate of drug-likeness (QED) is 0.374. The molecule has 6 nitrogen and oxygen atoms in total. The molecule has 0 radical (unpaired) electrons. The zero-order valence-corrected chi connectivity index (χ0v) is 18.4. The Balaban J connectivity index is 1.42. The molecule has 6 aromatic heterocycles. The molecular weight excluding hydrogens is 408 g/mol. The van der Waals surface area contributed by atoms with Crippen LogP contribution in [-0.4, -0.2) is 29.2 Å². The maximum absolute atomic E-state index is 5.05. The fraction of sp³-hybridized carbons (Fsp3) is 0.111. The van der Waals surface area contributed by atoms with Crippen LogP contribution in [0.4, 0.5) is 0 Å². The summed E-state index contributed by atoms with van der Waals surface area (Å²) in [6.07, 6.45) is 7.64. The number of fused-ring (bicyclic) bond motifs is 2. The predicted molar refractivity (Wildman–Crippen MR) is 129 cm³/mol. The molecule has 0 spiro atoms. The van der Waals surface area contributed by atoms with Crippen molar-refractivity contribution in [1.82, 2.24) is 29.2 Å². The van der Waals surface area contributed by atoms with Crippen LogP contribution < -0.4 is 0 Å². The highest BCUT2D eigenvalue weighted by molar-refractivity contribution is 5.78. The zero-order valence-electron chi connectivity index (χ0n) is 18.4. The summed E-state index contributed by atoms with van der Waals surface area (Å²) < 4.78 is 3.74. The van der Waals surface area contributed by atoms with Gasteiger partial charge in [-0.15, -0.1) is 0 Å². The Kier molecular flexibility index (Phi) is 4.33. The smallest absolute Gasteiger partial charge is 0.0755 e. The van der Waals surface area contributed by atoms with Crippen LogP contribution in [0.5, 0.6) is 0 Å². The summed E-state index contributed by atoms with van der Waals surface area (Å²) in [7, 11) is 0. The number of hydrogen-bond acceptors (Lipinski definition) is 4. The number of hydrogen-bond donors (Lipinski definition) is 0. The summed E-state index contributed by atoms with van der Waals surface area (Å²) in [5, 5.41) is 8.93. The summed E-state index contributed by atoms with van der Waals surface area (Å²) >= 11 is 0. The molecule has 6 aromatic rings. The molecule has 0 atom stereocenters. The second-order valence-corrected chi connectivity index (χ2v) is 8.62. The molecule has 160 valence electrons. The average Bonchev–Trinajstić information content (AvgIpc) is 3.49. The van der Waals surface area contributed by atoms with E-state index in [0.717, 1.165) is 44.9 Å². The maximum atomic E-state index is 5.05. The van der Waals surface area contributed by atoms with Gasteiger partial charge in [-0.3, -0.25) is 9.97 Å². The highest BCUT2D eigenvalue weighted by Gasteiger charge is 2.27. The molecular formula is C27H22N6.